The summed E-state index contributed by atoms with van der Waals surface area (Å²) >= 11 is 0. The molecule has 0 bridgehead atoms. The molecule has 0 fully saturated rings. The zero-order chi connectivity index (χ0) is 29.6. The molecule has 0 saturated carbocycles. The van der Waals surface area contributed by atoms with E-state index >= 15 is 0 Å². The minimum absolute atomic E-state index is 0.112. The number of carbonyl (C=O) groups is 1. The minimum atomic E-state index is -0.793. The Morgan fingerprint density at radius 1 is 0.523 bits per heavy atom. The maximum Gasteiger partial charge on any atom is 0.312 e. The van der Waals surface area contributed by atoms with Crippen molar-refractivity contribution in [3.63, 3.8) is 0 Å². The van der Waals surface area contributed by atoms with E-state index in [1.165, 1.54) is 5.56 Å². The molecule has 6 nitrogen and oxygen atoms in total. The molecule has 6 heteroatoms. The fraction of sp³-hybridized carbons (Fsp3) is 0.132. The average Bonchev–Trinajstić information content (AvgIpc) is 3.49. The second-order valence-electron chi connectivity index (χ2n) is 11.6. The van der Waals surface area contributed by atoms with Gasteiger partial charge >= 0.3 is 5.97 Å². The molecule has 8 rings (SSSR count). The molecule has 0 amide bonds. The van der Waals surface area contributed by atoms with Crippen LogP contribution in [-0.4, -0.2) is 25.9 Å². The van der Waals surface area contributed by atoms with Crippen molar-refractivity contribution in [2.75, 3.05) is 0 Å². The fourth-order valence-corrected chi connectivity index (χ4v) is 7.46. The Bertz CT molecular complexity index is 1920. The highest BCUT2D eigenvalue weighted by Gasteiger charge is 2.55. The van der Waals surface area contributed by atoms with Gasteiger partial charge in [-0.1, -0.05) is 72.8 Å². The highest BCUT2D eigenvalue weighted by Crippen LogP contribution is 2.60. The lowest BCUT2D eigenvalue weighted by atomic mass is 9.60. The minimum Gasteiger partial charge on any atom is -0.426 e. The molecule has 0 radical (unpaired) electrons. The van der Waals surface area contributed by atoms with Gasteiger partial charge in [0.05, 0.1) is 29.2 Å². The summed E-state index contributed by atoms with van der Waals surface area (Å²) in [6.07, 6.45) is 8.63. The van der Waals surface area contributed by atoms with Gasteiger partial charge in [0.1, 0.15) is 5.75 Å². The normalized spacial score (nSPS) is 14.6. The molecule has 4 aromatic heterocycles. The number of esters is 1. The Morgan fingerprint density at radius 2 is 0.955 bits per heavy atom. The average molecular weight is 573 g/mol. The lowest BCUT2D eigenvalue weighted by Crippen LogP contribution is -2.41. The van der Waals surface area contributed by atoms with Gasteiger partial charge in [-0.3, -0.25) is 24.7 Å². The van der Waals surface area contributed by atoms with Gasteiger partial charge in [-0.05, 0) is 77.1 Å². The van der Waals surface area contributed by atoms with E-state index in [9.17, 15) is 4.79 Å². The van der Waals surface area contributed by atoms with Gasteiger partial charge < -0.3 is 4.74 Å². The number of para-hydroxylation sites is 1. The summed E-state index contributed by atoms with van der Waals surface area (Å²) in [5.41, 5.74) is 7.40. The lowest BCUT2D eigenvalue weighted by Gasteiger charge is -2.41. The summed E-state index contributed by atoms with van der Waals surface area (Å²) in [6.45, 7) is 0. The molecule has 0 unspecified atom stereocenters. The molecule has 2 aromatic carbocycles. The Balaban J connectivity index is 1.38. The van der Waals surface area contributed by atoms with Crippen LogP contribution >= 0.6 is 0 Å². The molecule has 44 heavy (non-hydrogen) atoms. The van der Waals surface area contributed by atoms with Crippen LogP contribution in [0.4, 0.5) is 0 Å². The fourth-order valence-electron chi connectivity index (χ4n) is 7.46. The Morgan fingerprint density at radius 3 is 1.43 bits per heavy atom. The highest BCUT2D eigenvalue weighted by molar-refractivity contribution is 5.83. The SMILES string of the molecule is O=C(CC1(CC2(Cc3ccccc3)c3cccnc3-c3ncccc32)c2cccnc2-c2ncccc21)Oc1ccccc1. The quantitative estimate of drug-likeness (QED) is 0.150. The molecule has 0 spiro atoms. The second-order valence-corrected chi connectivity index (χ2v) is 11.6. The van der Waals surface area contributed by atoms with E-state index in [-0.39, 0.29) is 12.4 Å². The topological polar surface area (TPSA) is 77.9 Å². The summed E-state index contributed by atoms with van der Waals surface area (Å²) in [6, 6.07) is 36.2. The smallest absolute Gasteiger partial charge is 0.312 e. The van der Waals surface area contributed by atoms with Gasteiger partial charge in [-0.15, -0.1) is 0 Å². The Kier molecular flexibility index (Phi) is 6.15. The lowest BCUT2D eigenvalue weighted by molar-refractivity contribution is -0.135. The third-order valence-electron chi connectivity index (χ3n) is 9.12. The van der Waals surface area contributed by atoms with E-state index in [2.05, 4.69) is 48.5 Å². The molecular formula is C38H28N4O2. The number of hydrogen-bond donors (Lipinski definition) is 0. The van der Waals surface area contributed by atoms with Crippen LogP contribution < -0.4 is 4.74 Å². The first kappa shape index (κ1) is 26.2. The van der Waals surface area contributed by atoms with Crippen LogP contribution in [0.5, 0.6) is 5.75 Å². The van der Waals surface area contributed by atoms with Gasteiger partial charge in [0.2, 0.25) is 0 Å². The summed E-state index contributed by atoms with van der Waals surface area (Å²) in [5.74, 6) is 0.209. The largest absolute Gasteiger partial charge is 0.426 e. The van der Waals surface area contributed by atoms with Crippen molar-refractivity contribution in [3.8, 4) is 28.5 Å². The number of fused-ring (bicyclic) bond motifs is 6. The third-order valence-corrected chi connectivity index (χ3v) is 9.12. The van der Waals surface area contributed by atoms with Crippen LogP contribution in [0.2, 0.25) is 0 Å². The molecule has 212 valence electrons. The van der Waals surface area contributed by atoms with Crippen molar-refractivity contribution in [1.29, 1.82) is 0 Å². The van der Waals surface area contributed by atoms with Crippen LogP contribution in [0.25, 0.3) is 22.8 Å². The third kappa shape index (κ3) is 4.06. The van der Waals surface area contributed by atoms with E-state index in [1.54, 1.807) is 12.4 Å². The second kappa shape index (κ2) is 10.3. The monoisotopic (exact) mass is 572 g/mol. The molecule has 0 N–H and O–H groups in total. The predicted octanol–water partition coefficient (Wildman–Crippen LogP) is 7.13. The van der Waals surface area contributed by atoms with Gasteiger partial charge in [0, 0.05) is 35.6 Å². The van der Waals surface area contributed by atoms with Crippen LogP contribution in [0.1, 0.15) is 40.7 Å². The van der Waals surface area contributed by atoms with Crippen molar-refractivity contribution in [2.24, 2.45) is 0 Å². The maximum atomic E-state index is 14.0. The highest BCUT2D eigenvalue weighted by atomic mass is 16.5. The van der Waals surface area contributed by atoms with Crippen molar-refractivity contribution >= 4 is 5.97 Å². The number of ether oxygens (including phenoxy) is 1. The molecule has 6 aromatic rings. The first-order chi connectivity index (χ1) is 21.7. The Hall–Kier alpha value is -5.49. The summed E-state index contributed by atoms with van der Waals surface area (Å²) in [7, 11) is 0. The first-order valence-corrected chi connectivity index (χ1v) is 14.8. The van der Waals surface area contributed by atoms with Gasteiger partial charge in [0.25, 0.3) is 0 Å². The first-order valence-electron chi connectivity index (χ1n) is 14.8. The van der Waals surface area contributed by atoms with E-state index in [0.717, 1.165) is 45.0 Å². The van der Waals surface area contributed by atoms with Crippen LogP contribution in [0, 0.1) is 0 Å². The van der Waals surface area contributed by atoms with Crippen LogP contribution in [0.15, 0.2) is 134 Å². The van der Waals surface area contributed by atoms with Crippen LogP contribution in [-0.2, 0) is 22.0 Å². The number of benzene rings is 2. The van der Waals surface area contributed by atoms with Crippen LogP contribution in [0.3, 0.4) is 0 Å². The van der Waals surface area contributed by atoms with Crippen molar-refractivity contribution in [1.82, 2.24) is 19.9 Å². The molecule has 0 atom stereocenters. The molecule has 0 aliphatic heterocycles. The molecule has 0 saturated heterocycles. The number of hydrogen-bond acceptors (Lipinski definition) is 6. The van der Waals surface area contributed by atoms with Gasteiger partial charge in [0.15, 0.2) is 0 Å². The summed E-state index contributed by atoms with van der Waals surface area (Å²) in [4.78, 5) is 33.4. The van der Waals surface area contributed by atoms with Crippen molar-refractivity contribution in [2.45, 2.75) is 30.1 Å². The molecule has 4 heterocycles. The number of pyridine rings is 4. The van der Waals surface area contributed by atoms with E-state index in [0.29, 0.717) is 18.6 Å². The van der Waals surface area contributed by atoms with E-state index in [1.807, 2.05) is 73.1 Å². The van der Waals surface area contributed by atoms with E-state index in [4.69, 9.17) is 24.7 Å². The maximum absolute atomic E-state index is 14.0. The number of carbonyl (C=O) groups excluding carboxylic acids is 1. The molecule has 2 aliphatic carbocycles. The molecular weight excluding hydrogens is 544 g/mol. The van der Waals surface area contributed by atoms with Gasteiger partial charge in [-0.25, -0.2) is 0 Å². The van der Waals surface area contributed by atoms with E-state index < -0.39 is 10.8 Å². The summed E-state index contributed by atoms with van der Waals surface area (Å²) < 4.78 is 5.98. The van der Waals surface area contributed by atoms with Crippen molar-refractivity contribution < 1.29 is 9.53 Å². The number of nitrogens with zero attached hydrogens (tertiary/aromatic N) is 4. The Labute approximate surface area is 255 Å². The summed E-state index contributed by atoms with van der Waals surface area (Å²) in [5, 5.41) is 0. The number of aromatic nitrogens is 4. The van der Waals surface area contributed by atoms with Gasteiger partial charge in [-0.2, -0.15) is 0 Å². The zero-order valence-corrected chi connectivity index (χ0v) is 23.9. The number of rotatable bonds is 7. The predicted molar refractivity (Wildman–Crippen MR) is 168 cm³/mol. The molecule has 2 aliphatic rings. The standard InChI is InChI=1S/C38H28N4O2/c43-32(44-27-13-5-2-6-14-27)24-38(30-17-9-21-41-35(30)36-31(38)18-10-22-42-36)25-37(23-26-11-3-1-4-12-26)28-15-7-19-39-33(28)34-29(37)16-8-20-40-34/h1-22H,23-25H2. The zero-order valence-electron chi connectivity index (χ0n) is 23.9. The van der Waals surface area contributed by atoms with Crippen molar-refractivity contribution in [3.05, 3.63) is 162 Å².